The molecule has 6 aromatic rings. The van der Waals surface area contributed by atoms with Crippen LogP contribution in [-0.4, -0.2) is 20.4 Å². The third kappa shape index (κ3) is 7.72. The molecule has 0 fully saturated rings. The Kier molecular flexibility index (Phi) is 10.1. The van der Waals surface area contributed by atoms with E-state index in [4.69, 9.17) is 28.0 Å². The molecule has 1 atom stereocenters. The number of ether oxygens (including phenoxy) is 4. The summed E-state index contributed by atoms with van der Waals surface area (Å²) in [7, 11) is -3.00. The Morgan fingerprint density at radius 1 is 0.423 bits per heavy atom. The maximum Gasteiger partial charge on any atom is 0.460 e. The number of hydrogen-bond acceptors (Lipinski definition) is 13. The van der Waals surface area contributed by atoms with Gasteiger partial charge in [0.25, 0.3) is 0 Å². The summed E-state index contributed by atoms with van der Waals surface area (Å²) in [5.41, 5.74) is 0. The van der Waals surface area contributed by atoms with Gasteiger partial charge in [0.1, 0.15) is 5.75 Å². The highest BCUT2D eigenvalue weighted by atomic mass is 31.2. The quantitative estimate of drug-likeness (QED) is 0.0880. The van der Waals surface area contributed by atoms with Crippen molar-refractivity contribution in [2.24, 2.45) is 13.5 Å². The van der Waals surface area contributed by atoms with E-state index in [-0.39, 0.29) is 74.7 Å². The largest absolute Gasteiger partial charge is 0.504 e. The molecule has 52 heavy (non-hydrogen) atoms. The Bertz CT molecular complexity index is 2360. The van der Waals surface area contributed by atoms with Gasteiger partial charge in [-0.15, -0.1) is 9.03 Å². The minimum atomic E-state index is -3.59. The van der Waals surface area contributed by atoms with Gasteiger partial charge in [-0.1, -0.05) is 66.7 Å². The van der Waals surface area contributed by atoms with Crippen LogP contribution in [0.3, 0.4) is 0 Å². The topological polar surface area (TPSA) is 173 Å². The van der Waals surface area contributed by atoms with E-state index in [9.17, 15) is 20.4 Å². The van der Waals surface area contributed by atoms with Gasteiger partial charge in [0.2, 0.25) is 17.2 Å². The average molecular weight is 754 g/mol. The number of rotatable bonds is 12. The van der Waals surface area contributed by atoms with Gasteiger partial charge >= 0.3 is 7.66 Å². The first kappa shape index (κ1) is 34.2. The highest BCUT2D eigenvalue weighted by molar-refractivity contribution is 7.65. The van der Waals surface area contributed by atoms with Crippen molar-refractivity contribution >= 4 is 24.7 Å². The molecule has 1 heterocycles. The van der Waals surface area contributed by atoms with Gasteiger partial charge in [0.15, 0.2) is 74.5 Å². The van der Waals surface area contributed by atoms with E-state index < -0.39 is 7.66 Å². The van der Waals surface area contributed by atoms with Crippen molar-refractivity contribution in [2.45, 2.75) is 0 Å². The normalized spacial score (nSPS) is 15.2. The molecular formula is C36H26N3O10P3. The minimum absolute atomic E-state index is 0.0122. The van der Waals surface area contributed by atoms with Crippen LogP contribution in [0.25, 0.3) is 0 Å². The molecule has 0 amide bonds. The van der Waals surface area contributed by atoms with Crippen molar-refractivity contribution < 1.29 is 48.4 Å². The summed E-state index contributed by atoms with van der Waals surface area (Å²) in [4.78, 5) is 0. The summed E-state index contributed by atoms with van der Waals surface area (Å²) in [5.74, 6) is -1.39. The Morgan fingerprint density at radius 2 is 0.865 bits per heavy atom. The third-order valence-electron chi connectivity index (χ3n) is 7.01. The van der Waals surface area contributed by atoms with E-state index in [1.165, 1.54) is 54.6 Å². The average Bonchev–Trinajstić information content (AvgIpc) is 3.15. The zero-order valence-electron chi connectivity index (χ0n) is 26.6. The van der Waals surface area contributed by atoms with Crippen LogP contribution in [0.4, 0.5) is 0 Å². The van der Waals surface area contributed by atoms with Crippen molar-refractivity contribution in [1.29, 1.82) is 0 Å². The molecule has 1 aliphatic rings. The van der Waals surface area contributed by atoms with Crippen LogP contribution in [-0.2, 0) is 0 Å². The van der Waals surface area contributed by atoms with E-state index >= 15 is 0 Å². The SMILES string of the molecule is Oc1ccccc1Oc1cc(OP2(Oc3ccccc3)=NP=NP=N2)c(Oc2ccccc2O)c(Oc2ccccc2O)c1Oc1ccccc1O. The van der Waals surface area contributed by atoms with Gasteiger partial charge in [-0.25, -0.2) is 0 Å². The summed E-state index contributed by atoms with van der Waals surface area (Å²) < 4.78 is 51.6. The number of hydrogen-bond donors (Lipinski definition) is 4. The highest BCUT2D eigenvalue weighted by Gasteiger charge is 2.35. The van der Waals surface area contributed by atoms with Crippen LogP contribution in [0.5, 0.6) is 80.5 Å². The van der Waals surface area contributed by atoms with Gasteiger partial charge in [0.05, 0.1) is 0 Å². The van der Waals surface area contributed by atoms with Crippen LogP contribution >= 0.6 is 24.7 Å². The van der Waals surface area contributed by atoms with Gasteiger partial charge in [-0.2, -0.15) is 4.52 Å². The van der Waals surface area contributed by atoms with Crippen LogP contribution in [0.1, 0.15) is 0 Å². The standard InChI is InChI=1S/C36H26N3O10P3/c40-24-14-4-8-18-28(24)44-32-22-33(49-52(38-50-37-51-39-52)48-23-12-2-1-3-13-23)35(46-30-20-10-6-16-26(30)42)36(47-31-21-11-7-17-27(31)43)34(32)45-29-19-9-5-15-25(29)41/h1-22,40-43H. The molecule has 0 saturated heterocycles. The van der Waals surface area contributed by atoms with Gasteiger partial charge in [-0.05, 0) is 60.7 Å². The molecule has 1 unspecified atom stereocenters. The van der Waals surface area contributed by atoms with E-state index in [2.05, 4.69) is 13.5 Å². The summed E-state index contributed by atoms with van der Waals surface area (Å²) in [6.45, 7) is 0. The molecule has 0 bridgehead atoms. The lowest BCUT2D eigenvalue weighted by molar-refractivity contribution is 0.331. The van der Waals surface area contributed by atoms with E-state index in [0.29, 0.717) is 22.8 Å². The van der Waals surface area contributed by atoms with Crippen molar-refractivity contribution in [2.75, 3.05) is 0 Å². The van der Waals surface area contributed by atoms with Crippen molar-refractivity contribution in [3.05, 3.63) is 133 Å². The number of para-hydroxylation sites is 9. The second-order valence-corrected chi connectivity index (χ2v) is 14.4. The molecule has 0 aromatic heterocycles. The lowest BCUT2D eigenvalue weighted by atomic mass is 10.2. The van der Waals surface area contributed by atoms with Crippen LogP contribution in [0.15, 0.2) is 147 Å². The fraction of sp³-hybridized carbons (Fsp3) is 0. The molecule has 0 saturated carbocycles. The Balaban J connectivity index is 1.52. The first-order chi connectivity index (χ1) is 25.4. The summed E-state index contributed by atoms with van der Waals surface area (Å²) >= 11 is 0. The lowest BCUT2D eigenvalue weighted by Gasteiger charge is -2.25. The number of aromatic hydroxyl groups is 4. The third-order valence-corrected chi connectivity index (χ3v) is 11.0. The molecule has 7 rings (SSSR count). The minimum Gasteiger partial charge on any atom is -0.504 e. The number of nitrogens with zero attached hydrogens (tertiary/aromatic N) is 3. The first-order valence-electron chi connectivity index (χ1n) is 15.3. The predicted molar refractivity (Wildman–Crippen MR) is 195 cm³/mol. The molecule has 6 aromatic carbocycles. The van der Waals surface area contributed by atoms with Crippen LogP contribution in [0, 0.1) is 0 Å². The number of benzene rings is 6. The molecule has 0 radical (unpaired) electrons. The second kappa shape index (κ2) is 15.3. The molecule has 13 nitrogen and oxygen atoms in total. The lowest BCUT2D eigenvalue weighted by Crippen LogP contribution is -2.03. The maximum absolute atomic E-state index is 10.9. The van der Waals surface area contributed by atoms with Crippen molar-refractivity contribution in [3.63, 3.8) is 0 Å². The molecule has 4 N–H and O–H groups in total. The molecule has 260 valence electrons. The Morgan fingerprint density at radius 3 is 1.35 bits per heavy atom. The monoisotopic (exact) mass is 753 g/mol. The molecule has 16 heteroatoms. The van der Waals surface area contributed by atoms with Crippen molar-refractivity contribution in [3.8, 4) is 80.5 Å². The molecule has 0 spiro atoms. The fourth-order valence-electron chi connectivity index (χ4n) is 4.64. The van der Waals surface area contributed by atoms with Gasteiger partial charge in [0, 0.05) is 6.07 Å². The van der Waals surface area contributed by atoms with Crippen LogP contribution in [0.2, 0.25) is 0 Å². The molecular weight excluding hydrogens is 727 g/mol. The van der Waals surface area contributed by atoms with Gasteiger partial charge in [-0.3, -0.25) is 0 Å². The van der Waals surface area contributed by atoms with Crippen LogP contribution < -0.4 is 28.0 Å². The smallest absolute Gasteiger partial charge is 0.460 e. The van der Waals surface area contributed by atoms with E-state index in [1.807, 2.05) is 6.07 Å². The van der Waals surface area contributed by atoms with E-state index in [0.717, 1.165) is 0 Å². The van der Waals surface area contributed by atoms with Crippen molar-refractivity contribution in [1.82, 2.24) is 0 Å². The maximum atomic E-state index is 10.9. The number of phenolic OH excluding ortho intramolecular Hbond substituents is 4. The zero-order chi connectivity index (χ0) is 35.9. The summed E-state index contributed by atoms with van der Waals surface area (Å²) in [5, 5.41) is 43.2. The number of phenols is 4. The Labute approximate surface area is 300 Å². The summed E-state index contributed by atoms with van der Waals surface area (Å²) in [6, 6.07) is 35.0. The fourth-order valence-corrected chi connectivity index (χ4v) is 8.40. The predicted octanol–water partition coefficient (Wildman–Crippen LogP) is 12.2. The molecule has 0 aliphatic carbocycles. The summed E-state index contributed by atoms with van der Waals surface area (Å²) in [6.07, 6.45) is 0. The van der Waals surface area contributed by atoms with Gasteiger partial charge < -0.3 is 48.4 Å². The zero-order valence-corrected chi connectivity index (χ0v) is 29.3. The Hall–Kier alpha value is -6.25. The first-order valence-corrected chi connectivity index (χ1v) is 18.4. The highest BCUT2D eigenvalue weighted by Crippen LogP contribution is 2.64. The van der Waals surface area contributed by atoms with E-state index in [1.54, 1.807) is 72.8 Å². The molecule has 1 aliphatic heterocycles. The second-order valence-electron chi connectivity index (χ2n) is 10.6.